The number of aliphatic carboxylic acids is 1. The van der Waals surface area contributed by atoms with Crippen molar-refractivity contribution in [3.8, 4) is 0 Å². The molecule has 7 heteroatoms. The molecule has 2 rings (SSSR count). The van der Waals surface area contributed by atoms with Gasteiger partial charge in [0.05, 0.1) is 0 Å². The van der Waals surface area contributed by atoms with E-state index in [-0.39, 0.29) is 5.56 Å². The summed E-state index contributed by atoms with van der Waals surface area (Å²) in [6, 6.07) is 3.49. The number of nitrogens with one attached hydrogen (secondary N) is 1. The zero-order chi connectivity index (χ0) is 15.6. The van der Waals surface area contributed by atoms with Crippen molar-refractivity contribution in [3.63, 3.8) is 0 Å². The van der Waals surface area contributed by atoms with E-state index in [1.54, 1.807) is 0 Å². The summed E-state index contributed by atoms with van der Waals surface area (Å²) in [6.45, 7) is 2.34. The first kappa shape index (κ1) is 15.7. The molecule has 0 radical (unpaired) electrons. The highest BCUT2D eigenvalue weighted by Gasteiger charge is 2.33. The number of halogens is 1. The molecule has 2 atom stereocenters. The number of benzene rings is 1. The zero-order valence-corrected chi connectivity index (χ0v) is 12.2. The van der Waals surface area contributed by atoms with Crippen LogP contribution in [-0.2, 0) is 14.8 Å². The molecule has 0 heterocycles. The molecule has 1 aliphatic carbocycles. The Labute approximate surface area is 122 Å². The van der Waals surface area contributed by atoms with Crippen LogP contribution in [0.4, 0.5) is 4.39 Å². The summed E-state index contributed by atoms with van der Waals surface area (Å²) in [4.78, 5) is 9.95. The molecular weight excluding hydrogens is 297 g/mol. The quantitative estimate of drug-likeness (QED) is 0.785. The lowest BCUT2D eigenvalue weighted by molar-refractivity contribution is -0.131. The number of carbonyl (C=O) groups is 1. The summed E-state index contributed by atoms with van der Waals surface area (Å²) in [6.07, 6.45) is 3.03. The van der Waals surface area contributed by atoms with Crippen LogP contribution >= 0.6 is 0 Å². The number of rotatable bonds is 6. The van der Waals surface area contributed by atoms with Crippen molar-refractivity contribution in [2.24, 2.45) is 11.8 Å². The van der Waals surface area contributed by atoms with Crippen LogP contribution in [0.3, 0.4) is 0 Å². The van der Waals surface area contributed by atoms with Gasteiger partial charge in [-0.25, -0.2) is 22.3 Å². The first-order valence-corrected chi connectivity index (χ1v) is 7.98. The van der Waals surface area contributed by atoms with Gasteiger partial charge >= 0.3 is 5.97 Å². The Morgan fingerprint density at radius 3 is 2.71 bits per heavy atom. The van der Waals surface area contributed by atoms with E-state index in [2.05, 4.69) is 4.72 Å². The summed E-state index contributed by atoms with van der Waals surface area (Å²) in [5.41, 5.74) is 0.282. The van der Waals surface area contributed by atoms with Gasteiger partial charge in [-0.05, 0) is 42.0 Å². The van der Waals surface area contributed by atoms with Crippen molar-refractivity contribution in [2.45, 2.75) is 18.2 Å². The Kier molecular flexibility index (Phi) is 4.43. The third kappa shape index (κ3) is 4.12. The van der Waals surface area contributed by atoms with E-state index >= 15 is 0 Å². The van der Waals surface area contributed by atoms with Gasteiger partial charge in [-0.1, -0.05) is 13.0 Å². The normalized spacial score (nSPS) is 21.6. The standard InChI is InChI=1S/C14H16FNO4S/c1-9-6-11(9)8-16-21(19,20)13-4-2-10(7-12(13)15)3-5-14(17)18/h2-5,7,9,11,16H,6,8H2,1H3,(H,17,18)/b5-3+. The molecule has 1 saturated carbocycles. The largest absolute Gasteiger partial charge is 0.478 e. The van der Waals surface area contributed by atoms with Crippen LogP contribution in [0.2, 0.25) is 0 Å². The number of carboxylic acid groups (broad SMARTS) is 1. The molecule has 114 valence electrons. The predicted octanol–water partition coefficient (Wildman–Crippen LogP) is 1.86. The lowest BCUT2D eigenvalue weighted by atomic mass is 10.2. The van der Waals surface area contributed by atoms with Crippen molar-refractivity contribution < 1.29 is 22.7 Å². The molecule has 1 aromatic rings. The monoisotopic (exact) mass is 313 g/mol. The SMILES string of the molecule is CC1CC1CNS(=O)(=O)c1ccc(/C=C/C(=O)O)cc1F. The van der Waals surface area contributed by atoms with Crippen LogP contribution in [0.1, 0.15) is 18.9 Å². The van der Waals surface area contributed by atoms with E-state index in [0.29, 0.717) is 18.4 Å². The molecule has 0 spiro atoms. The maximum atomic E-state index is 13.9. The number of hydrogen-bond donors (Lipinski definition) is 2. The molecular formula is C14H16FNO4S. The van der Waals surface area contributed by atoms with Gasteiger partial charge in [0, 0.05) is 12.6 Å². The first-order chi connectivity index (χ1) is 9.79. The molecule has 0 amide bonds. The van der Waals surface area contributed by atoms with Crippen molar-refractivity contribution >= 4 is 22.1 Å². The van der Waals surface area contributed by atoms with E-state index in [4.69, 9.17) is 5.11 Å². The lowest BCUT2D eigenvalue weighted by Crippen LogP contribution is -2.27. The second-order valence-corrected chi connectivity index (χ2v) is 6.92. The molecule has 0 aromatic heterocycles. The Morgan fingerprint density at radius 2 is 2.19 bits per heavy atom. The van der Waals surface area contributed by atoms with Gasteiger partial charge in [-0.3, -0.25) is 0 Å². The van der Waals surface area contributed by atoms with Gasteiger partial charge in [0.2, 0.25) is 10.0 Å². The topological polar surface area (TPSA) is 83.5 Å². The van der Waals surface area contributed by atoms with Crippen LogP contribution in [-0.4, -0.2) is 26.0 Å². The Morgan fingerprint density at radius 1 is 1.52 bits per heavy atom. The molecule has 2 unspecified atom stereocenters. The molecule has 2 N–H and O–H groups in total. The van der Waals surface area contributed by atoms with Crippen LogP contribution in [0.5, 0.6) is 0 Å². The Balaban J connectivity index is 2.13. The number of hydrogen-bond acceptors (Lipinski definition) is 3. The third-order valence-corrected chi connectivity index (χ3v) is 4.93. The minimum absolute atomic E-state index is 0.282. The first-order valence-electron chi connectivity index (χ1n) is 6.50. The molecule has 1 aliphatic rings. The fourth-order valence-electron chi connectivity index (χ4n) is 1.98. The van der Waals surface area contributed by atoms with Gasteiger partial charge in [0.15, 0.2) is 0 Å². The minimum atomic E-state index is -3.88. The number of carboxylic acids is 1. The highest BCUT2D eigenvalue weighted by Crippen LogP contribution is 2.37. The smallest absolute Gasteiger partial charge is 0.328 e. The van der Waals surface area contributed by atoms with Crippen molar-refractivity contribution in [3.05, 3.63) is 35.7 Å². The predicted molar refractivity (Wildman–Crippen MR) is 75.5 cm³/mol. The van der Waals surface area contributed by atoms with Crippen molar-refractivity contribution in [1.29, 1.82) is 0 Å². The summed E-state index contributed by atoms with van der Waals surface area (Å²) in [5, 5.41) is 8.49. The maximum absolute atomic E-state index is 13.9. The Hall–Kier alpha value is -1.73. The van der Waals surface area contributed by atoms with Crippen LogP contribution in [0.15, 0.2) is 29.2 Å². The molecule has 0 bridgehead atoms. The summed E-state index contributed by atoms with van der Waals surface area (Å²) in [7, 11) is -3.88. The third-order valence-electron chi connectivity index (χ3n) is 3.48. The molecule has 0 saturated heterocycles. The van der Waals surface area contributed by atoms with Gasteiger partial charge in [-0.15, -0.1) is 0 Å². The summed E-state index contributed by atoms with van der Waals surface area (Å²) >= 11 is 0. The van der Waals surface area contributed by atoms with E-state index in [9.17, 15) is 17.6 Å². The fraction of sp³-hybridized carbons (Fsp3) is 0.357. The minimum Gasteiger partial charge on any atom is -0.478 e. The average molecular weight is 313 g/mol. The van der Waals surface area contributed by atoms with Crippen LogP contribution < -0.4 is 4.72 Å². The summed E-state index contributed by atoms with van der Waals surface area (Å²) < 4.78 is 40.3. The van der Waals surface area contributed by atoms with Gasteiger partial charge in [-0.2, -0.15) is 0 Å². The highest BCUT2D eigenvalue weighted by atomic mass is 32.2. The van der Waals surface area contributed by atoms with Gasteiger partial charge in [0.1, 0.15) is 10.7 Å². The second kappa shape index (κ2) is 5.95. The number of sulfonamides is 1. The fourth-order valence-corrected chi connectivity index (χ4v) is 3.14. The van der Waals surface area contributed by atoms with Gasteiger partial charge < -0.3 is 5.11 Å². The molecule has 0 aliphatic heterocycles. The Bertz CT molecular complexity index is 684. The zero-order valence-electron chi connectivity index (χ0n) is 11.4. The molecule has 21 heavy (non-hydrogen) atoms. The molecule has 5 nitrogen and oxygen atoms in total. The van der Waals surface area contributed by atoms with Crippen LogP contribution in [0.25, 0.3) is 6.08 Å². The van der Waals surface area contributed by atoms with Crippen molar-refractivity contribution in [1.82, 2.24) is 4.72 Å². The van der Waals surface area contributed by atoms with E-state index < -0.39 is 26.7 Å². The lowest BCUT2D eigenvalue weighted by Gasteiger charge is -2.08. The van der Waals surface area contributed by atoms with Crippen LogP contribution in [0, 0.1) is 17.7 Å². The van der Waals surface area contributed by atoms with Crippen molar-refractivity contribution in [2.75, 3.05) is 6.54 Å². The molecule has 1 fully saturated rings. The average Bonchev–Trinajstić information content (AvgIpc) is 3.10. The summed E-state index contributed by atoms with van der Waals surface area (Å²) in [5.74, 6) is -1.24. The van der Waals surface area contributed by atoms with E-state index in [0.717, 1.165) is 24.6 Å². The van der Waals surface area contributed by atoms with E-state index in [1.165, 1.54) is 12.1 Å². The second-order valence-electron chi connectivity index (χ2n) is 5.19. The van der Waals surface area contributed by atoms with E-state index in [1.807, 2.05) is 6.92 Å². The van der Waals surface area contributed by atoms with Gasteiger partial charge in [0.25, 0.3) is 0 Å². The highest BCUT2D eigenvalue weighted by molar-refractivity contribution is 7.89. The molecule has 1 aromatic carbocycles. The maximum Gasteiger partial charge on any atom is 0.328 e.